The second kappa shape index (κ2) is 8.55. The van der Waals surface area contributed by atoms with Crippen molar-refractivity contribution in [2.24, 2.45) is 0 Å². The van der Waals surface area contributed by atoms with Gasteiger partial charge in [0.2, 0.25) is 0 Å². The monoisotopic (exact) mass is 453 g/mol. The van der Waals surface area contributed by atoms with E-state index in [1.165, 1.54) is 21.2 Å². The average molecular weight is 454 g/mol. The molecule has 0 aliphatic carbocycles. The number of benzene rings is 4. The van der Waals surface area contributed by atoms with Gasteiger partial charge in [-0.3, -0.25) is 4.98 Å². The molecule has 0 saturated carbocycles. The minimum Gasteiger partial charge on any atom is -0.308 e. The normalized spacial score (nSPS) is 11.9. The maximum Gasteiger partial charge on any atom is 0.101 e. The van der Waals surface area contributed by atoms with Gasteiger partial charge in [-0.1, -0.05) is 78.5 Å². The van der Waals surface area contributed by atoms with Crippen LogP contribution in [0.25, 0.3) is 22.3 Å². The van der Waals surface area contributed by atoms with Crippen LogP contribution in [0.5, 0.6) is 0 Å². The van der Waals surface area contributed by atoms with Crippen LogP contribution in [0.1, 0.15) is 5.56 Å². The zero-order valence-corrected chi connectivity index (χ0v) is 19.0. The molecule has 0 radical (unpaired) electrons. The van der Waals surface area contributed by atoms with Crippen LogP contribution in [0.2, 0.25) is 0 Å². The van der Waals surface area contributed by atoms with E-state index in [9.17, 15) is 5.26 Å². The first-order valence-corrected chi connectivity index (χ1v) is 11.8. The largest absolute Gasteiger partial charge is 0.308 e. The highest BCUT2D eigenvalue weighted by Crippen LogP contribution is 2.52. The Bertz CT molecular complexity index is 1500. The second-order valence-corrected chi connectivity index (χ2v) is 9.08. The predicted octanol–water partition coefficient (Wildman–Crippen LogP) is 8.22. The van der Waals surface area contributed by atoms with Gasteiger partial charge in [0, 0.05) is 33.3 Å². The summed E-state index contributed by atoms with van der Waals surface area (Å²) in [6, 6.07) is 38.2. The van der Waals surface area contributed by atoms with Gasteiger partial charge in [-0.25, -0.2) is 0 Å². The molecule has 2 heterocycles. The smallest absolute Gasteiger partial charge is 0.101 e. The van der Waals surface area contributed by atoms with Crippen molar-refractivity contribution in [1.82, 2.24) is 4.98 Å². The van der Waals surface area contributed by atoms with Gasteiger partial charge in [-0.15, -0.1) is 0 Å². The van der Waals surface area contributed by atoms with E-state index in [4.69, 9.17) is 0 Å². The van der Waals surface area contributed by atoms with Gasteiger partial charge in [-0.2, -0.15) is 5.26 Å². The lowest BCUT2D eigenvalue weighted by Gasteiger charge is -2.34. The summed E-state index contributed by atoms with van der Waals surface area (Å²) in [6.07, 6.45) is 3.34. The molecular formula is C30H19N3S. The van der Waals surface area contributed by atoms with Crippen molar-refractivity contribution in [3.63, 3.8) is 0 Å². The molecule has 0 atom stereocenters. The van der Waals surface area contributed by atoms with E-state index < -0.39 is 0 Å². The van der Waals surface area contributed by atoms with Crippen LogP contribution in [0.4, 0.5) is 17.1 Å². The SMILES string of the molecule is N#Cc1cnccc1-c1ccc(-c2ccccc2N2c3ccccc3Sc3ccccc32)cc1. The molecule has 0 N–H and O–H groups in total. The Morgan fingerprint density at radius 2 is 1.18 bits per heavy atom. The third kappa shape index (κ3) is 3.44. The average Bonchev–Trinajstić information content (AvgIpc) is 2.92. The molecule has 0 bridgehead atoms. The van der Waals surface area contributed by atoms with E-state index in [-0.39, 0.29) is 0 Å². The third-order valence-electron chi connectivity index (χ3n) is 6.03. The minimum absolute atomic E-state index is 0.578. The van der Waals surface area contributed by atoms with Gasteiger partial charge in [0.1, 0.15) is 6.07 Å². The van der Waals surface area contributed by atoms with Gasteiger partial charge in [0.05, 0.1) is 22.6 Å². The molecule has 160 valence electrons. The number of fused-ring (bicyclic) bond motifs is 2. The van der Waals surface area contributed by atoms with Gasteiger partial charge < -0.3 is 4.90 Å². The molecule has 5 aromatic rings. The van der Waals surface area contributed by atoms with Crippen molar-refractivity contribution in [2.75, 3.05) is 4.90 Å². The van der Waals surface area contributed by atoms with Crippen molar-refractivity contribution < 1.29 is 0 Å². The first-order chi connectivity index (χ1) is 16.8. The van der Waals surface area contributed by atoms with Gasteiger partial charge >= 0.3 is 0 Å². The lowest BCUT2D eigenvalue weighted by molar-refractivity contribution is 1.17. The summed E-state index contributed by atoms with van der Waals surface area (Å²) < 4.78 is 0. The van der Waals surface area contributed by atoms with Crippen LogP contribution in [0.15, 0.2) is 125 Å². The molecule has 1 aliphatic heterocycles. The highest BCUT2D eigenvalue weighted by Gasteiger charge is 2.26. The van der Waals surface area contributed by atoms with Crippen molar-refractivity contribution in [2.45, 2.75) is 9.79 Å². The Kier molecular flexibility index (Phi) is 5.10. The van der Waals surface area contributed by atoms with E-state index in [1.807, 2.05) is 17.8 Å². The highest BCUT2D eigenvalue weighted by atomic mass is 32.2. The van der Waals surface area contributed by atoms with E-state index in [2.05, 4.69) is 113 Å². The van der Waals surface area contributed by atoms with E-state index in [1.54, 1.807) is 12.4 Å². The Hall–Kier alpha value is -4.33. The molecule has 4 heteroatoms. The lowest BCUT2D eigenvalue weighted by atomic mass is 9.97. The molecule has 34 heavy (non-hydrogen) atoms. The van der Waals surface area contributed by atoms with Crippen LogP contribution >= 0.6 is 11.8 Å². The van der Waals surface area contributed by atoms with Crippen LogP contribution in [-0.2, 0) is 0 Å². The molecule has 0 fully saturated rings. The molecule has 6 rings (SSSR count). The summed E-state index contributed by atoms with van der Waals surface area (Å²) in [6.45, 7) is 0. The summed E-state index contributed by atoms with van der Waals surface area (Å²) in [7, 11) is 0. The number of hydrogen-bond acceptors (Lipinski definition) is 4. The maximum atomic E-state index is 9.46. The lowest BCUT2D eigenvalue weighted by Crippen LogP contribution is -2.15. The summed E-state index contributed by atoms with van der Waals surface area (Å²) in [4.78, 5) is 8.93. The number of rotatable bonds is 3. The van der Waals surface area contributed by atoms with Crippen molar-refractivity contribution >= 4 is 28.8 Å². The number of anilines is 3. The zero-order chi connectivity index (χ0) is 22.9. The molecule has 1 aromatic heterocycles. The summed E-state index contributed by atoms with van der Waals surface area (Å²) in [5, 5.41) is 9.46. The zero-order valence-electron chi connectivity index (χ0n) is 18.2. The van der Waals surface area contributed by atoms with Crippen LogP contribution in [-0.4, -0.2) is 4.98 Å². The van der Waals surface area contributed by atoms with E-state index in [0.29, 0.717) is 5.56 Å². The predicted molar refractivity (Wildman–Crippen MR) is 139 cm³/mol. The van der Waals surface area contributed by atoms with Gasteiger partial charge in [0.15, 0.2) is 0 Å². The maximum absolute atomic E-state index is 9.46. The fourth-order valence-corrected chi connectivity index (χ4v) is 5.50. The molecule has 0 spiro atoms. The van der Waals surface area contributed by atoms with Crippen LogP contribution < -0.4 is 4.90 Å². The number of para-hydroxylation sites is 3. The number of pyridine rings is 1. The Morgan fingerprint density at radius 1 is 0.618 bits per heavy atom. The first-order valence-electron chi connectivity index (χ1n) is 11.0. The highest BCUT2D eigenvalue weighted by molar-refractivity contribution is 7.99. The molecule has 4 aromatic carbocycles. The summed E-state index contributed by atoms with van der Waals surface area (Å²) in [5.41, 5.74) is 8.27. The molecule has 3 nitrogen and oxygen atoms in total. The van der Waals surface area contributed by atoms with Crippen LogP contribution in [0.3, 0.4) is 0 Å². The fraction of sp³-hybridized carbons (Fsp3) is 0. The second-order valence-electron chi connectivity index (χ2n) is 8.00. The fourth-order valence-electron chi connectivity index (χ4n) is 4.44. The Labute approximate surface area is 203 Å². The van der Waals surface area contributed by atoms with E-state index >= 15 is 0 Å². The molecule has 0 amide bonds. The van der Waals surface area contributed by atoms with Gasteiger partial charge in [-0.05, 0) is 47.5 Å². The van der Waals surface area contributed by atoms with Crippen molar-refractivity contribution in [1.29, 1.82) is 5.26 Å². The quantitative estimate of drug-likeness (QED) is 0.271. The first kappa shape index (κ1) is 20.3. The number of hydrogen-bond donors (Lipinski definition) is 0. The Morgan fingerprint density at radius 3 is 1.82 bits per heavy atom. The van der Waals surface area contributed by atoms with Crippen molar-refractivity contribution in [3.8, 4) is 28.3 Å². The summed E-state index contributed by atoms with van der Waals surface area (Å²) >= 11 is 1.81. The third-order valence-corrected chi connectivity index (χ3v) is 7.16. The van der Waals surface area contributed by atoms with Crippen LogP contribution in [0, 0.1) is 11.3 Å². The Balaban J connectivity index is 1.48. The van der Waals surface area contributed by atoms with Gasteiger partial charge in [0.25, 0.3) is 0 Å². The number of aromatic nitrogens is 1. The standard InChI is InChI=1S/C30H19N3S/c31-19-23-20-32-18-17-24(23)21-13-15-22(16-14-21)25-7-1-2-8-26(25)33-27-9-3-5-11-29(27)34-30-12-6-4-10-28(30)33/h1-18,20H. The molecule has 0 unspecified atom stereocenters. The molecule has 0 saturated heterocycles. The topological polar surface area (TPSA) is 39.9 Å². The number of nitrogens with zero attached hydrogens (tertiary/aromatic N) is 3. The number of nitriles is 1. The van der Waals surface area contributed by atoms with E-state index in [0.717, 1.165) is 27.9 Å². The molecular weight excluding hydrogens is 434 g/mol. The van der Waals surface area contributed by atoms with Crippen molar-refractivity contribution in [3.05, 3.63) is 121 Å². The molecule has 1 aliphatic rings. The minimum atomic E-state index is 0.578. The summed E-state index contributed by atoms with van der Waals surface area (Å²) in [5.74, 6) is 0.